The number of carbonyl (C=O) groups is 2. The molecule has 1 N–H and O–H groups in total. The highest BCUT2D eigenvalue weighted by atomic mass is 35.5. The van der Waals surface area contributed by atoms with Crippen LogP contribution >= 0.6 is 23.4 Å². The molecule has 1 fully saturated rings. The van der Waals surface area contributed by atoms with Gasteiger partial charge in [-0.3, -0.25) is 14.2 Å². The number of aromatic amines is 1. The van der Waals surface area contributed by atoms with Crippen molar-refractivity contribution in [1.82, 2.24) is 19.7 Å². The van der Waals surface area contributed by atoms with Gasteiger partial charge < -0.3 is 9.88 Å². The minimum Gasteiger partial charge on any atom is -0.355 e. The van der Waals surface area contributed by atoms with Crippen molar-refractivity contribution >= 4 is 40.9 Å². The number of benzene rings is 1. The first-order valence-electron chi connectivity index (χ1n) is 10.7. The van der Waals surface area contributed by atoms with Gasteiger partial charge >= 0.3 is 0 Å². The first-order valence-corrected chi connectivity index (χ1v) is 11.9. The molecule has 1 unspecified atom stereocenters. The van der Waals surface area contributed by atoms with Gasteiger partial charge in [-0.25, -0.2) is 0 Å². The van der Waals surface area contributed by atoms with Gasteiger partial charge in [0.05, 0.1) is 21.7 Å². The fourth-order valence-electron chi connectivity index (χ4n) is 4.24. The summed E-state index contributed by atoms with van der Waals surface area (Å²) in [5.41, 5.74) is 3.25. The Bertz CT molecular complexity index is 1180. The van der Waals surface area contributed by atoms with Crippen LogP contribution in [-0.4, -0.2) is 49.7 Å². The molecule has 2 aromatic heterocycles. The molecule has 1 atom stereocenters. The van der Waals surface area contributed by atoms with Gasteiger partial charge in [-0.15, -0.1) is 10.2 Å². The molecule has 1 aromatic carbocycles. The van der Waals surface area contributed by atoms with Gasteiger partial charge in [-0.05, 0) is 58.2 Å². The van der Waals surface area contributed by atoms with Crippen molar-refractivity contribution in [2.75, 3.05) is 18.0 Å². The Morgan fingerprint density at radius 3 is 2.47 bits per heavy atom. The summed E-state index contributed by atoms with van der Waals surface area (Å²) in [7, 11) is 0. The van der Waals surface area contributed by atoms with Gasteiger partial charge in [0.25, 0.3) is 0 Å². The van der Waals surface area contributed by atoms with E-state index in [9.17, 15) is 9.59 Å². The first-order chi connectivity index (χ1) is 15.3. The van der Waals surface area contributed by atoms with E-state index < -0.39 is 5.25 Å². The quantitative estimate of drug-likeness (QED) is 0.384. The molecule has 168 valence electrons. The predicted octanol–water partition coefficient (Wildman–Crippen LogP) is 5.03. The molecule has 0 saturated carbocycles. The maximum atomic E-state index is 13.3. The number of halogens is 1. The zero-order valence-electron chi connectivity index (χ0n) is 18.6. The third-order valence-corrected chi connectivity index (χ3v) is 7.15. The minimum absolute atomic E-state index is 0.0516. The van der Waals surface area contributed by atoms with Crippen molar-refractivity contribution in [2.24, 2.45) is 0 Å². The van der Waals surface area contributed by atoms with Gasteiger partial charge in [0, 0.05) is 24.3 Å². The van der Waals surface area contributed by atoms with Crippen LogP contribution < -0.4 is 4.90 Å². The van der Waals surface area contributed by atoms with Crippen molar-refractivity contribution in [3.05, 3.63) is 51.8 Å². The molecular weight excluding hydrogens is 446 g/mol. The number of Topliss-reactive ketones (excluding diaryl/α,β-unsaturated/α-hetero) is 2. The van der Waals surface area contributed by atoms with Crippen LogP contribution in [0.1, 0.15) is 58.8 Å². The zero-order chi connectivity index (χ0) is 23.0. The number of anilines is 1. The lowest BCUT2D eigenvalue weighted by Gasteiger charge is -2.19. The van der Waals surface area contributed by atoms with Crippen molar-refractivity contribution in [3.8, 4) is 5.69 Å². The van der Waals surface area contributed by atoms with Gasteiger partial charge in [0.15, 0.2) is 16.7 Å². The fraction of sp³-hybridized carbons (Fsp3) is 0.391. The van der Waals surface area contributed by atoms with Crippen LogP contribution in [0.25, 0.3) is 5.69 Å². The third kappa shape index (κ3) is 4.09. The number of ketones is 2. The molecule has 0 bridgehead atoms. The monoisotopic (exact) mass is 471 g/mol. The van der Waals surface area contributed by atoms with Crippen LogP contribution in [0.2, 0.25) is 5.02 Å². The highest BCUT2D eigenvalue weighted by Crippen LogP contribution is 2.34. The Kier molecular flexibility index (Phi) is 6.44. The SMILES string of the molecule is CC(=O)c1c(C)[nH]c(C(=O)C(C)Sc2nnc(N3CCCC3)n2-c2ccccc2Cl)c1C. The Morgan fingerprint density at radius 2 is 1.84 bits per heavy atom. The van der Waals surface area contributed by atoms with Crippen LogP contribution in [-0.2, 0) is 0 Å². The fourth-order valence-corrected chi connectivity index (χ4v) is 5.38. The number of aryl methyl sites for hydroxylation is 1. The van der Waals surface area contributed by atoms with Crippen LogP contribution in [0, 0.1) is 13.8 Å². The largest absolute Gasteiger partial charge is 0.355 e. The molecule has 0 aliphatic carbocycles. The summed E-state index contributed by atoms with van der Waals surface area (Å²) in [5.74, 6) is 0.604. The molecule has 32 heavy (non-hydrogen) atoms. The number of hydrogen-bond donors (Lipinski definition) is 1. The number of thioether (sulfide) groups is 1. The molecule has 3 heterocycles. The number of carbonyl (C=O) groups excluding carboxylic acids is 2. The Hall–Kier alpha value is -2.58. The molecule has 0 spiro atoms. The Balaban J connectivity index is 1.69. The zero-order valence-corrected chi connectivity index (χ0v) is 20.2. The van der Waals surface area contributed by atoms with Crippen molar-refractivity contribution < 1.29 is 9.59 Å². The molecular formula is C23H26ClN5O2S. The number of para-hydroxylation sites is 1. The summed E-state index contributed by atoms with van der Waals surface area (Å²) in [6.07, 6.45) is 2.22. The molecule has 0 amide bonds. The van der Waals surface area contributed by atoms with Gasteiger partial charge in [0.1, 0.15) is 0 Å². The molecule has 1 saturated heterocycles. The summed E-state index contributed by atoms with van der Waals surface area (Å²) in [6.45, 7) is 8.81. The van der Waals surface area contributed by atoms with Crippen LogP contribution in [0.15, 0.2) is 29.4 Å². The topological polar surface area (TPSA) is 83.9 Å². The van der Waals surface area contributed by atoms with Gasteiger partial charge in [-0.2, -0.15) is 0 Å². The first kappa shape index (κ1) is 22.6. The van der Waals surface area contributed by atoms with Crippen LogP contribution in [0.4, 0.5) is 5.95 Å². The highest BCUT2D eigenvalue weighted by Gasteiger charge is 2.28. The van der Waals surface area contributed by atoms with E-state index in [4.69, 9.17) is 11.6 Å². The smallest absolute Gasteiger partial charge is 0.232 e. The standard InChI is InChI=1S/C23H26ClN5O2S/c1-13-19(15(3)30)14(2)25-20(13)21(31)16(4)32-23-27-26-22(28-11-7-8-12-28)29(23)18-10-6-5-9-17(18)24/h5-6,9-10,16,25H,7-8,11-12H2,1-4H3. The van der Waals surface area contributed by atoms with Crippen molar-refractivity contribution in [3.63, 3.8) is 0 Å². The molecule has 4 rings (SSSR count). The van der Waals surface area contributed by atoms with Gasteiger partial charge in [0.2, 0.25) is 5.95 Å². The van der Waals surface area contributed by atoms with Crippen LogP contribution in [0.5, 0.6) is 0 Å². The molecule has 1 aliphatic heterocycles. The van der Waals surface area contributed by atoms with E-state index in [1.165, 1.54) is 18.7 Å². The van der Waals surface area contributed by atoms with E-state index in [1.807, 2.05) is 49.6 Å². The van der Waals surface area contributed by atoms with Crippen molar-refractivity contribution in [1.29, 1.82) is 0 Å². The minimum atomic E-state index is -0.441. The van der Waals surface area contributed by atoms with E-state index in [1.54, 1.807) is 0 Å². The number of rotatable bonds is 7. The number of aromatic nitrogens is 4. The molecule has 3 aromatic rings. The lowest BCUT2D eigenvalue weighted by atomic mass is 10.0. The molecule has 9 heteroatoms. The molecule has 7 nitrogen and oxygen atoms in total. The Morgan fingerprint density at radius 1 is 1.16 bits per heavy atom. The van der Waals surface area contributed by atoms with E-state index >= 15 is 0 Å². The molecule has 1 aliphatic rings. The summed E-state index contributed by atoms with van der Waals surface area (Å²) in [6, 6.07) is 7.57. The van der Waals surface area contributed by atoms with Crippen LogP contribution in [0.3, 0.4) is 0 Å². The van der Waals surface area contributed by atoms with E-state index in [2.05, 4.69) is 20.1 Å². The van der Waals surface area contributed by atoms with E-state index in [-0.39, 0.29) is 11.6 Å². The third-order valence-electron chi connectivity index (χ3n) is 5.79. The maximum absolute atomic E-state index is 13.3. The van der Waals surface area contributed by atoms with E-state index in [0.717, 1.165) is 37.6 Å². The number of hydrogen-bond acceptors (Lipinski definition) is 6. The number of H-pyrrole nitrogens is 1. The predicted molar refractivity (Wildman–Crippen MR) is 128 cm³/mol. The number of nitrogens with zero attached hydrogens (tertiary/aromatic N) is 4. The number of nitrogens with one attached hydrogen (secondary N) is 1. The lowest BCUT2D eigenvalue weighted by Crippen LogP contribution is -2.22. The van der Waals surface area contributed by atoms with Crippen molar-refractivity contribution in [2.45, 2.75) is 50.9 Å². The Labute approximate surface area is 196 Å². The summed E-state index contributed by atoms with van der Waals surface area (Å²) in [5, 5.41) is 9.64. The average Bonchev–Trinajstić information content (AvgIpc) is 3.47. The summed E-state index contributed by atoms with van der Waals surface area (Å²) < 4.78 is 1.94. The highest BCUT2D eigenvalue weighted by molar-refractivity contribution is 8.00. The lowest BCUT2D eigenvalue weighted by molar-refractivity contribution is 0.0988. The maximum Gasteiger partial charge on any atom is 0.232 e. The second-order valence-electron chi connectivity index (χ2n) is 8.07. The van der Waals surface area contributed by atoms with E-state index in [0.29, 0.717) is 32.7 Å². The average molecular weight is 472 g/mol. The molecule has 0 radical (unpaired) electrons. The second-order valence-corrected chi connectivity index (χ2v) is 9.78. The second kappa shape index (κ2) is 9.11. The normalized spacial score (nSPS) is 14.7. The van der Waals surface area contributed by atoms with Gasteiger partial charge in [-0.1, -0.05) is 35.5 Å². The summed E-state index contributed by atoms with van der Waals surface area (Å²) >= 11 is 7.86. The summed E-state index contributed by atoms with van der Waals surface area (Å²) in [4.78, 5) is 30.6.